The Labute approximate surface area is 178 Å². The summed E-state index contributed by atoms with van der Waals surface area (Å²) in [5, 5.41) is 22.5. The number of carboxylic acids is 1. The van der Waals surface area contributed by atoms with Crippen LogP contribution in [0.5, 0.6) is 5.75 Å². The zero-order valence-corrected chi connectivity index (χ0v) is 18.5. The second-order valence-electron chi connectivity index (χ2n) is 6.66. The number of nitrogens with one attached hydrogen (secondary N) is 2. The van der Waals surface area contributed by atoms with E-state index in [1.54, 1.807) is 18.2 Å². The topological polar surface area (TPSA) is 119 Å². The van der Waals surface area contributed by atoms with Crippen LogP contribution in [0.3, 0.4) is 0 Å². The number of halogens is 1. The maximum atomic E-state index is 12.9. The number of phenols is 1. The van der Waals surface area contributed by atoms with Gasteiger partial charge in [-0.3, -0.25) is 4.72 Å². The van der Waals surface area contributed by atoms with Gasteiger partial charge in [-0.25, -0.2) is 13.2 Å². The molecule has 2 aromatic carbocycles. The Morgan fingerprint density at radius 2 is 1.79 bits per heavy atom. The number of carbonyl (C=O) groups is 1. The average Bonchev–Trinajstić information content (AvgIpc) is 2.64. The summed E-state index contributed by atoms with van der Waals surface area (Å²) in [5.74, 6) is -2.00. The smallest absolute Gasteiger partial charge is 0.341 e. The van der Waals surface area contributed by atoms with Gasteiger partial charge in [-0.2, -0.15) is 0 Å². The number of nitrogens with zero attached hydrogens (tertiary/aromatic N) is 1. The number of para-hydroxylation sites is 1. The molecule has 0 spiro atoms. The van der Waals surface area contributed by atoms with Crippen LogP contribution in [0.4, 0.5) is 11.4 Å². The molecule has 0 amide bonds. The quantitative estimate of drug-likeness (QED) is 0.380. The second-order valence-corrected chi connectivity index (χ2v) is 9.17. The van der Waals surface area contributed by atoms with Crippen LogP contribution < -0.4 is 10.0 Å². The van der Waals surface area contributed by atoms with Crippen LogP contribution in [0.25, 0.3) is 0 Å². The largest absolute Gasteiger partial charge is 0.506 e. The first-order chi connectivity index (χ1) is 13.6. The minimum atomic E-state index is -4.10. The van der Waals surface area contributed by atoms with Gasteiger partial charge in [0, 0.05) is 6.54 Å². The van der Waals surface area contributed by atoms with Crippen molar-refractivity contribution in [3.63, 3.8) is 0 Å². The van der Waals surface area contributed by atoms with Gasteiger partial charge in [0.15, 0.2) is 0 Å². The summed E-state index contributed by atoms with van der Waals surface area (Å²) in [6.07, 6.45) is 1.83. The highest BCUT2D eigenvalue weighted by molar-refractivity contribution is 9.10. The maximum Gasteiger partial charge on any atom is 0.341 e. The standard InChI is InChI=1S/C19H24BrN3O5S/c1-23(2)12-6-5-11-21-14-7-3-4-8-16(14)29(27,28)22-15-10-9-13(20)18(24)17(15)19(25)26/h3-4,7-10,21-22,24H,5-6,11-12H2,1-2H3,(H,25,26). The predicted octanol–water partition coefficient (Wildman–Crippen LogP) is 3.41. The minimum absolute atomic E-state index is 0.00800. The van der Waals surface area contributed by atoms with Crippen molar-refractivity contribution in [2.75, 3.05) is 37.2 Å². The van der Waals surface area contributed by atoms with Crippen molar-refractivity contribution < 1.29 is 23.4 Å². The molecular weight excluding hydrogens is 462 g/mol. The third-order valence-electron chi connectivity index (χ3n) is 4.11. The molecule has 158 valence electrons. The molecular formula is C19H24BrN3O5S. The molecule has 4 N–H and O–H groups in total. The first-order valence-electron chi connectivity index (χ1n) is 8.88. The molecule has 0 aliphatic carbocycles. The van der Waals surface area contributed by atoms with Crippen molar-refractivity contribution >= 4 is 43.3 Å². The Kier molecular flexibility index (Phi) is 7.88. The highest BCUT2D eigenvalue weighted by Crippen LogP contribution is 2.35. The molecule has 29 heavy (non-hydrogen) atoms. The SMILES string of the molecule is CN(C)CCCCNc1ccccc1S(=O)(=O)Nc1ccc(Br)c(O)c1C(=O)O. The molecule has 0 atom stereocenters. The van der Waals surface area contributed by atoms with E-state index in [4.69, 9.17) is 0 Å². The van der Waals surface area contributed by atoms with Crippen molar-refractivity contribution in [2.45, 2.75) is 17.7 Å². The molecule has 10 heteroatoms. The summed E-state index contributed by atoms with van der Waals surface area (Å²) >= 11 is 3.03. The Bertz CT molecular complexity index is 980. The Hall–Kier alpha value is -2.30. The highest BCUT2D eigenvalue weighted by Gasteiger charge is 2.24. The first kappa shape index (κ1) is 23.0. The van der Waals surface area contributed by atoms with Crippen LogP contribution in [-0.4, -0.2) is 56.7 Å². The van der Waals surface area contributed by atoms with Crippen LogP contribution in [0.15, 0.2) is 45.8 Å². The van der Waals surface area contributed by atoms with E-state index < -0.39 is 27.3 Å². The third kappa shape index (κ3) is 6.09. The van der Waals surface area contributed by atoms with Gasteiger partial charge in [0.05, 0.1) is 15.8 Å². The number of anilines is 2. The number of hydrogen-bond acceptors (Lipinski definition) is 6. The number of aromatic carboxylic acids is 1. The van der Waals surface area contributed by atoms with Crippen LogP contribution in [0, 0.1) is 0 Å². The molecule has 8 nitrogen and oxygen atoms in total. The van der Waals surface area contributed by atoms with Crippen molar-refractivity contribution in [1.82, 2.24) is 4.90 Å². The fourth-order valence-corrected chi connectivity index (χ4v) is 4.28. The number of unbranched alkanes of at least 4 members (excludes halogenated alkanes) is 1. The molecule has 0 bridgehead atoms. The predicted molar refractivity (Wildman–Crippen MR) is 116 cm³/mol. The second kappa shape index (κ2) is 9.95. The normalized spacial score (nSPS) is 11.4. The molecule has 0 fully saturated rings. The lowest BCUT2D eigenvalue weighted by molar-refractivity contribution is 0.0695. The molecule has 0 heterocycles. The average molecular weight is 486 g/mol. The number of rotatable bonds is 10. The summed E-state index contributed by atoms with van der Waals surface area (Å²) in [6, 6.07) is 9.04. The molecule has 0 aromatic heterocycles. The molecule has 0 unspecified atom stereocenters. The van der Waals surface area contributed by atoms with Gasteiger partial charge in [0.1, 0.15) is 16.2 Å². The van der Waals surface area contributed by atoms with E-state index in [-0.39, 0.29) is 15.1 Å². The maximum absolute atomic E-state index is 12.9. The van der Waals surface area contributed by atoms with Crippen molar-refractivity contribution in [1.29, 1.82) is 0 Å². The van der Waals surface area contributed by atoms with Crippen molar-refractivity contribution in [3.8, 4) is 5.75 Å². The van der Waals surface area contributed by atoms with Gasteiger partial charge >= 0.3 is 5.97 Å². The van der Waals surface area contributed by atoms with Gasteiger partial charge in [-0.1, -0.05) is 12.1 Å². The number of carboxylic acid groups (broad SMARTS) is 1. The molecule has 0 radical (unpaired) electrons. The summed E-state index contributed by atoms with van der Waals surface area (Å²) < 4.78 is 28.3. The Balaban J connectivity index is 2.25. The van der Waals surface area contributed by atoms with E-state index in [1.807, 2.05) is 14.1 Å². The highest BCUT2D eigenvalue weighted by atomic mass is 79.9. The van der Waals surface area contributed by atoms with Gasteiger partial charge in [0.25, 0.3) is 10.0 Å². The number of hydrogen-bond donors (Lipinski definition) is 4. The van der Waals surface area contributed by atoms with E-state index in [0.717, 1.165) is 19.4 Å². The zero-order valence-electron chi connectivity index (χ0n) is 16.1. The van der Waals surface area contributed by atoms with Crippen molar-refractivity contribution in [3.05, 3.63) is 46.4 Å². The molecule has 0 aliphatic rings. The lowest BCUT2D eigenvalue weighted by Gasteiger charge is -2.16. The fraction of sp³-hybridized carbons (Fsp3) is 0.316. The first-order valence-corrected chi connectivity index (χ1v) is 11.2. The van der Waals surface area contributed by atoms with Crippen LogP contribution in [-0.2, 0) is 10.0 Å². The van der Waals surface area contributed by atoms with E-state index in [9.17, 15) is 23.4 Å². The van der Waals surface area contributed by atoms with E-state index in [1.165, 1.54) is 18.2 Å². The zero-order chi connectivity index (χ0) is 21.6. The number of benzene rings is 2. The molecule has 0 aliphatic heterocycles. The fourth-order valence-electron chi connectivity index (χ4n) is 2.69. The minimum Gasteiger partial charge on any atom is -0.506 e. The number of aromatic hydroxyl groups is 1. The van der Waals surface area contributed by atoms with E-state index >= 15 is 0 Å². The Morgan fingerprint density at radius 3 is 2.45 bits per heavy atom. The van der Waals surface area contributed by atoms with Crippen molar-refractivity contribution in [2.24, 2.45) is 0 Å². The summed E-state index contributed by atoms with van der Waals surface area (Å²) in [4.78, 5) is 13.6. The van der Waals surface area contributed by atoms with Crippen LogP contribution >= 0.6 is 15.9 Å². The third-order valence-corrected chi connectivity index (χ3v) is 6.17. The lowest BCUT2D eigenvalue weighted by Crippen LogP contribution is -2.18. The molecule has 2 aromatic rings. The lowest BCUT2D eigenvalue weighted by atomic mass is 10.1. The molecule has 2 rings (SSSR count). The Morgan fingerprint density at radius 1 is 1.10 bits per heavy atom. The van der Waals surface area contributed by atoms with Gasteiger partial charge in [-0.15, -0.1) is 0 Å². The van der Waals surface area contributed by atoms with Crippen LogP contribution in [0.2, 0.25) is 0 Å². The van der Waals surface area contributed by atoms with E-state index in [2.05, 4.69) is 30.9 Å². The van der Waals surface area contributed by atoms with Gasteiger partial charge in [0.2, 0.25) is 0 Å². The molecule has 0 saturated heterocycles. The van der Waals surface area contributed by atoms with Crippen LogP contribution in [0.1, 0.15) is 23.2 Å². The monoisotopic (exact) mass is 485 g/mol. The summed E-state index contributed by atoms with van der Waals surface area (Å²) in [5.41, 5.74) is -0.334. The number of sulfonamides is 1. The molecule has 0 saturated carbocycles. The van der Waals surface area contributed by atoms with E-state index in [0.29, 0.717) is 12.2 Å². The van der Waals surface area contributed by atoms with Gasteiger partial charge < -0.3 is 20.4 Å². The van der Waals surface area contributed by atoms with Gasteiger partial charge in [-0.05, 0) is 73.7 Å². The summed E-state index contributed by atoms with van der Waals surface area (Å²) in [7, 11) is -0.112. The summed E-state index contributed by atoms with van der Waals surface area (Å²) in [6.45, 7) is 1.54.